The van der Waals surface area contributed by atoms with Gasteiger partial charge in [0, 0.05) is 6.04 Å². The van der Waals surface area contributed by atoms with Crippen molar-refractivity contribution in [2.24, 2.45) is 5.92 Å². The summed E-state index contributed by atoms with van der Waals surface area (Å²) in [5, 5.41) is 3.03. The van der Waals surface area contributed by atoms with Crippen molar-refractivity contribution in [1.29, 1.82) is 0 Å². The molecule has 0 unspecified atom stereocenters. The lowest BCUT2D eigenvalue weighted by atomic mass is 9.86. The number of nitrogens with one attached hydrogen (secondary N) is 1. The number of benzene rings is 1. The van der Waals surface area contributed by atoms with Crippen LogP contribution in [-0.2, 0) is 9.53 Å². The summed E-state index contributed by atoms with van der Waals surface area (Å²) in [6.07, 6.45) is 4.60. The Morgan fingerprint density at radius 1 is 1.27 bits per heavy atom. The van der Waals surface area contributed by atoms with Crippen LogP contribution in [0.2, 0.25) is 0 Å². The van der Waals surface area contributed by atoms with E-state index in [2.05, 4.69) is 17.0 Å². The van der Waals surface area contributed by atoms with E-state index < -0.39 is 5.97 Å². The minimum atomic E-state index is -0.425. The first-order chi connectivity index (χ1) is 10.6. The van der Waals surface area contributed by atoms with Crippen LogP contribution >= 0.6 is 0 Å². The van der Waals surface area contributed by atoms with E-state index >= 15 is 0 Å². The minimum absolute atomic E-state index is 0.0478. The van der Waals surface area contributed by atoms with E-state index in [9.17, 15) is 9.59 Å². The second-order valence-electron chi connectivity index (χ2n) is 5.74. The fourth-order valence-electron chi connectivity index (χ4n) is 2.76. The van der Waals surface area contributed by atoms with E-state index in [0.29, 0.717) is 17.2 Å². The van der Waals surface area contributed by atoms with Gasteiger partial charge in [-0.3, -0.25) is 4.79 Å². The molecule has 0 saturated heterocycles. The van der Waals surface area contributed by atoms with E-state index in [-0.39, 0.29) is 18.6 Å². The molecular weight excluding hydrogens is 282 g/mol. The molecule has 120 valence electrons. The summed E-state index contributed by atoms with van der Waals surface area (Å²) in [4.78, 5) is 23.4. The summed E-state index contributed by atoms with van der Waals surface area (Å²) in [6.45, 7) is 2.12. The second-order valence-corrected chi connectivity index (χ2v) is 5.74. The van der Waals surface area contributed by atoms with Crippen LogP contribution in [0, 0.1) is 5.92 Å². The van der Waals surface area contributed by atoms with Crippen molar-refractivity contribution < 1.29 is 19.1 Å². The van der Waals surface area contributed by atoms with Gasteiger partial charge in [-0.25, -0.2) is 4.79 Å². The molecule has 0 aliphatic heterocycles. The Labute approximate surface area is 131 Å². The van der Waals surface area contributed by atoms with E-state index in [1.54, 1.807) is 24.3 Å². The molecule has 2 rings (SSSR count). The minimum Gasteiger partial charge on any atom is -0.484 e. The fraction of sp³-hybridized carbons (Fsp3) is 0.529. The van der Waals surface area contributed by atoms with Gasteiger partial charge in [0.2, 0.25) is 0 Å². The topological polar surface area (TPSA) is 64.6 Å². The third-order valence-electron chi connectivity index (χ3n) is 4.08. The summed E-state index contributed by atoms with van der Waals surface area (Å²) in [5.41, 5.74) is 0.404. The molecule has 0 aromatic heterocycles. The van der Waals surface area contributed by atoms with Crippen LogP contribution in [0.25, 0.3) is 0 Å². The van der Waals surface area contributed by atoms with Crippen molar-refractivity contribution >= 4 is 11.9 Å². The van der Waals surface area contributed by atoms with Crippen molar-refractivity contribution in [3.05, 3.63) is 29.8 Å². The summed E-state index contributed by atoms with van der Waals surface area (Å²) in [7, 11) is 1.33. The maximum Gasteiger partial charge on any atom is 0.337 e. The second kappa shape index (κ2) is 7.82. The fourth-order valence-corrected chi connectivity index (χ4v) is 2.76. The lowest BCUT2D eigenvalue weighted by molar-refractivity contribution is -0.124. The Hall–Kier alpha value is -2.04. The van der Waals surface area contributed by atoms with Gasteiger partial charge < -0.3 is 14.8 Å². The third kappa shape index (κ3) is 4.48. The number of ether oxygens (including phenoxy) is 2. The van der Waals surface area contributed by atoms with Crippen molar-refractivity contribution in [3.8, 4) is 5.75 Å². The molecule has 1 aliphatic carbocycles. The molecule has 1 saturated carbocycles. The number of hydrogen-bond acceptors (Lipinski definition) is 4. The Morgan fingerprint density at radius 3 is 2.77 bits per heavy atom. The Morgan fingerprint density at radius 2 is 2.05 bits per heavy atom. The molecule has 1 N–H and O–H groups in total. The lowest BCUT2D eigenvalue weighted by Crippen LogP contribution is -2.43. The van der Waals surface area contributed by atoms with Gasteiger partial charge in [-0.05, 0) is 37.0 Å². The van der Waals surface area contributed by atoms with E-state index in [4.69, 9.17) is 4.74 Å². The van der Waals surface area contributed by atoms with E-state index in [1.807, 2.05) is 0 Å². The highest BCUT2D eigenvalue weighted by Crippen LogP contribution is 2.23. The van der Waals surface area contributed by atoms with Crippen LogP contribution in [0.4, 0.5) is 0 Å². The average Bonchev–Trinajstić information content (AvgIpc) is 2.54. The quantitative estimate of drug-likeness (QED) is 0.849. The smallest absolute Gasteiger partial charge is 0.337 e. The number of rotatable bonds is 5. The molecule has 0 spiro atoms. The molecule has 1 fully saturated rings. The van der Waals surface area contributed by atoms with Gasteiger partial charge in [0.15, 0.2) is 6.61 Å². The number of methoxy groups -OCH3 is 1. The normalized spacial score (nSPS) is 21.0. The highest BCUT2D eigenvalue weighted by Gasteiger charge is 2.22. The number of hydrogen-bond donors (Lipinski definition) is 1. The van der Waals surface area contributed by atoms with Crippen molar-refractivity contribution in [1.82, 2.24) is 5.32 Å². The van der Waals surface area contributed by atoms with Gasteiger partial charge in [0.1, 0.15) is 5.75 Å². The molecule has 2 atom stereocenters. The molecule has 1 aromatic carbocycles. The summed E-state index contributed by atoms with van der Waals surface area (Å²) in [6, 6.07) is 6.86. The summed E-state index contributed by atoms with van der Waals surface area (Å²) < 4.78 is 10.1. The van der Waals surface area contributed by atoms with Gasteiger partial charge in [-0.15, -0.1) is 0 Å². The van der Waals surface area contributed by atoms with Gasteiger partial charge >= 0.3 is 5.97 Å². The van der Waals surface area contributed by atoms with E-state index in [0.717, 1.165) is 19.3 Å². The number of carbonyl (C=O) groups is 2. The largest absolute Gasteiger partial charge is 0.484 e. The molecule has 0 heterocycles. The van der Waals surface area contributed by atoms with Crippen LogP contribution in [0.1, 0.15) is 43.0 Å². The first kappa shape index (κ1) is 16.3. The van der Waals surface area contributed by atoms with Gasteiger partial charge in [-0.1, -0.05) is 25.8 Å². The summed E-state index contributed by atoms with van der Waals surface area (Å²) in [5.74, 6) is 0.447. The van der Waals surface area contributed by atoms with Crippen molar-refractivity contribution in [2.75, 3.05) is 13.7 Å². The molecular formula is C17H23NO4. The molecule has 5 nitrogen and oxygen atoms in total. The van der Waals surface area contributed by atoms with Crippen LogP contribution in [-0.4, -0.2) is 31.6 Å². The van der Waals surface area contributed by atoms with Gasteiger partial charge in [0.25, 0.3) is 5.91 Å². The molecule has 1 aliphatic rings. The lowest BCUT2D eigenvalue weighted by Gasteiger charge is -2.29. The first-order valence-corrected chi connectivity index (χ1v) is 7.70. The maximum atomic E-state index is 12.0. The predicted octanol–water partition coefficient (Wildman–Crippen LogP) is 2.55. The van der Waals surface area contributed by atoms with Crippen LogP contribution in [0.5, 0.6) is 5.75 Å². The van der Waals surface area contributed by atoms with Gasteiger partial charge in [0.05, 0.1) is 12.7 Å². The maximum absolute atomic E-state index is 12.0. The van der Waals surface area contributed by atoms with Crippen LogP contribution < -0.4 is 10.1 Å². The number of amides is 1. The van der Waals surface area contributed by atoms with Crippen LogP contribution in [0.15, 0.2) is 24.3 Å². The summed E-state index contributed by atoms with van der Waals surface area (Å²) >= 11 is 0. The predicted molar refractivity (Wildman–Crippen MR) is 82.8 cm³/mol. The molecule has 0 radical (unpaired) electrons. The van der Waals surface area contributed by atoms with Gasteiger partial charge in [-0.2, -0.15) is 0 Å². The Bertz CT molecular complexity index is 529. The average molecular weight is 305 g/mol. The third-order valence-corrected chi connectivity index (χ3v) is 4.08. The first-order valence-electron chi connectivity index (χ1n) is 7.70. The van der Waals surface area contributed by atoms with Crippen molar-refractivity contribution in [2.45, 2.75) is 38.6 Å². The molecule has 1 amide bonds. The Kier molecular flexibility index (Phi) is 5.81. The van der Waals surface area contributed by atoms with Crippen LogP contribution in [0.3, 0.4) is 0 Å². The monoisotopic (exact) mass is 305 g/mol. The van der Waals surface area contributed by atoms with E-state index in [1.165, 1.54) is 13.5 Å². The molecule has 5 heteroatoms. The zero-order valence-corrected chi connectivity index (χ0v) is 13.1. The highest BCUT2D eigenvalue weighted by atomic mass is 16.5. The number of esters is 1. The zero-order chi connectivity index (χ0) is 15.9. The number of carbonyl (C=O) groups excluding carboxylic acids is 2. The molecule has 0 bridgehead atoms. The highest BCUT2D eigenvalue weighted by molar-refractivity contribution is 5.89. The SMILES string of the molecule is COC(=O)c1cccc(OCC(=O)N[C@@H]2CCCC[C@@H]2C)c1. The standard InChI is InChI=1S/C17H23NO4/c1-12-6-3-4-9-15(12)18-16(19)11-22-14-8-5-7-13(10-14)17(20)21-2/h5,7-8,10,12,15H,3-4,6,9,11H2,1-2H3,(H,18,19)/t12-,15+/m0/s1. The van der Waals surface area contributed by atoms with Crippen molar-refractivity contribution in [3.63, 3.8) is 0 Å². The Balaban J connectivity index is 1.84. The molecule has 22 heavy (non-hydrogen) atoms. The zero-order valence-electron chi connectivity index (χ0n) is 13.1. The molecule has 1 aromatic rings.